The molecule has 1 aromatic heterocycles. The van der Waals surface area contributed by atoms with Crippen molar-refractivity contribution in [1.82, 2.24) is 15.1 Å². The predicted molar refractivity (Wildman–Crippen MR) is 67.1 cm³/mol. The molecule has 1 saturated heterocycles. The summed E-state index contributed by atoms with van der Waals surface area (Å²) in [7, 11) is 0. The lowest BCUT2D eigenvalue weighted by atomic mass is 10.3. The number of aryl methyl sites for hydroxylation is 1. The summed E-state index contributed by atoms with van der Waals surface area (Å²) >= 11 is 0. The summed E-state index contributed by atoms with van der Waals surface area (Å²) in [4.78, 5) is 2.44. The van der Waals surface area contributed by atoms with E-state index >= 15 is 0 Å². The van der Waals surface area contributed by atoms with Crippen LogP contribution in [0.4, 0.5) is 5.82 Å². The van der Waals surface area contributed by atoms with Crippen molar-refractivity contribution in [3.05, 3.63) is 17.8 Å². The minimum absolute atomic E-state index is 0.859. The molecule has 0 bridgehead atoms. The number of anilines is 1. The minimum Gasteiger partial charge on any atom is -0.379 e. The molecular weight excluding hydrogens is 216 g/mol. The highest BCUT2D eigenvalue weighted by Crippen LogP contribution is 2.02. The van der Waals surface area contributed by atoms with E-state index in [2.05, 4.69) is 20.4 Å². The molecule has 5 nitrogen and oxygen atoms in total. The minimum atomic E-state index is 0.859. The highest BCUT2D eigenvalue weighted by Gasteiger charge is 2.08. The van der Waals surface area contributed by atoms with E-state index in [-0.39, 0.29) is 0 Å². The molecule has 0 saturated carbocycles. The van der Waals surface area contributed by atoms with Crippen molar-refractivity contribution in [3.8, 4) is 0 Å². The van der Waals surface area contributed by atoms with Gasteiger partial charge in [-0.1, -0.05) is 0 Å². The van der Waals surface area contributed by atoms with E-state index < -0.39 is 0 Å². The molecule has 1 fully saturated rings. The zero-order valence-corrected chi connectivity index (χ0v) is 10.4. The standard InChI is InChI=1S/C12H20N4O/c1-11-3-4-12(15-14-11)13-5-2-6-16-7-9-17-10-8-16/h3-4H,2,5-10H2,1H3,(H,13,15). The first kappa shape index (κ1) is 12.3. The third-order valence-corrected chi connectivity index (χ3v) is 2.86. The molecule has 1 N–H and O–H groups in total. The second-order valence-corrected chi connectivity index (χ2v) is 4.29. The van der Waals surface area contributed by atoms with Crippen molar-refractivity contribution in [2.75, 3.05) is 44.7 Å². The highest BCUT2D eigenvalue weighted by atomic mass is 16.5. The Kier molecular flexibility index (Phi) is 4.70. The van der Waals surface area contributed by atoms with Gasteiger partial charge in [-0.05, 0) is 32.0 Å². The molecule has 1 aromatic rings. The number of nitrogens with zero attached hydrogens (tertiary/aromatic N) is 3. The van der Waals surface area contributed by atoms with Crippen LogP contribution in [0.25, 0.3) is 0 Å². The first-order valence-electron chi connectivity index (χ1n) is 6.19. The molecule has 94 valence electrons. The zero-order chi connectivity index (χ0) is 11.9. The first-order valence-corrected chi connectivity index (χ1v) is 6.19. The van der Waals surface area contributed by atoms with Gasteiger partial charge >= 0.3 is 0 Å². The van der Waals surface area contributed by atoms with Crippen LogP contribution >= 0.6 is 0 Å². The molecular formula is C12H20N4O. The van der Waals surface area contributed by atoms with Crippen LogP contribution in [-0.4, -0.2) is 54.5 Å². The molecule has 0 amide bonds. The molecule has 0 atom stereocenters. The van der Waals surface area contributed by atoms with Gasteiger partial charge in [0.15, 0.2) is 0 Å². The number of aromatic nitrogens is 2. The molecule has 0 radical (unpaired) electrons. The lowest BCUT2D eigenvalue weighted by Gasteiger charge is -2.26. The molecule has 0 aliphatic carbocycles. The van der Waals surface area contributed by atoms with Gasteiger partial charge in [0.2, 0.25) is 0 Å². The Hall–Kier alpha value is -1.20. The van der Waals surface area contributed by atoms with Crippen LogP contribution in [0.2, 0.25) is 0 Å². The maximum absolute atomic E-state index is 5.31. The average molecular weight is 236 g/mol. The van der Waals surface area contributed by atoms with Gasteiger partial charge in [-0.15, -0.1) is 5.10 Å². The molecule has 2 heterocycles. The number of ether oxygens (including phenoxy) is 1. The highest BCUT2D eigenvalue weighted by molar-refractivity contribution is 5.32. The molecule has 17 heavy (non-hydrogen) atoms. The molecule has 0 spiro atoms. The summed E-state index contributed by atoms with van der Waals surface area (Å²) in [6.45, 7) is 7.86. The lowest BCUT2D eigenvalue weighted by molar-refractivity contribution is 0.0378. The van der Waals surface area contributed by atoms with E-state index in [0.717, 1.165) is 57.3 Å². The van der Waals surface area contributed by atoms with Gasteiger partial charge in [0.1, 0.15) is 5.82 Å². The molecule has 1 aliphatic heterocycles. The van der Waals surface area contributed by atoms with E-state index in [4.69, 9.17) is 4.74 Å². The van der Waals surface area contributed by atoms with Crippen molar-refractivity contribution in [1.29, 1.82) is 0 Å². The lowest BCUT2D eigenvalue weighted by Crippen LogP contribution is -2.37. The first-order chi connectivity index (χ1) is 8.34. The Morgan fingerprint density at radius 2 is 2.12 bits per heavy atom. The van der Waals surface area contributed by atoms with Crippen LogP contribution in [0.15, 0.2) is 12.1 Å². The number of rotatable bonds is 5. The summed E-state index contributed by atoms with van der Waals surface area (Å²) in [5.41, 5.74) is 0.948. The summed E-state index contributed by atoms with van der Waals surface area (Å²) < 4.78 is 5.31. The van der Waals surface area contributed by atoms with Crippen molar-refractivity contribution in [2.24, 2.45) is 0 Å². The fourth-order valence-electron chi connectivity index (χ4n) is 1.84. The second kappa shape index (κ2) is 6.51. The van der Waals surface area contributed by atoms with Crippen LogP contribution in [0.5, 0.6) is 0 Å². The average Bonchev–Trinajstić information content (AvgIpc) is 2.38. The molecule has 5 heteroatoms. The van der Waals surface area contributed by atoms with E-state index in [1.807, 2.05) is 19.1 Å². The van der Waals surface area contributed by atoms with Crippen molar-refractivity contribution < 1.29 is 4.74 Å². The Labute approximate surface area is 102 Å². The topological polar surface area (TPSA) is 50.3 Å². The number of morpholine rings is 1. The Balaban J connectivity index is 1.60. The van der Waals surface area contributed by atoms with E-state index in [1.54, 1.807) is 0 Å². The number of nitrogens with one attached hydrogen (secondary N) is 1. The zero-order valence-electron chi connectivity index (χ0n) is 10.4. The van der Waals surface area contributed by atoms with Gasteiger partial charge in [0.05, 0.1) is 18.9 Å². The predicted octanol–water partition coefficient (Wildman–Crippen LogP) is 0.919. The van der Waals surface area contributed by atoms with Crippen molar-refractivity contribution in [2.45, 2.75) is 13.3 Å². The van der Waals surface area contributed by atoms with Gasteiger partial charge in [-0.3, -0.25) is 4.90 Å². The largest absolute Gasteiger partial charge is 0.379 e. The van der Waals surface area contributed by atoms with Gasteiger partial charge in [0.25, 0.3) is 0 Å². The smallest absolute Gasteiger partial charge is 0.148 e. The van der Waals surface area contributed by atoms with E-state index in [9.17, 15) is 0 Å². The van der Waals surface area contributed by atoms with Gasteiger partial charge in [-0.2, -0.15) is 5.10 Å². The van der Waals surface area contributed by atoms with E-state index in [1.165, 1.54) is 0 Å². The van der Waals surface area contributed by atoms with Gasteiger partial charge in [-0.25, -0.2) is 0 Å². The fraction of sp³-hybridized carbons (Fsp3) is 0.667. The third-order valence-electron chi connectivity index (χ3n) is 2.86. The third kappa shape index (κ3) is 4.28. The van der Waals surface area contributed by atoms with Crippen LogP contribution < -0.4 is 5.32 Å². The van der Waals surface area contributed by atoms with Crippen molar-refractivity contribution in [3.63, 3.8) is 0 Å². The maximum atomic E-state index is 5.31. The number of hydrogen-bond donors (Lipinski definition) is 1. The van der Waals surface area contributed by atoms with Crippen LogP contribution in [0, 0.1) is 6.92 Å². The molecule has 0 unspecified atom stereocenters. The van der Waals surface area contributed by atoms with Gasteiger partial charge < -0.3 is 10.1 Å². The normalized spacial score (nSPS) is 17.0. The monoisotopic (exact) mass is 236 g/mol. The summed E-state index contributed by atoms with van der Waals surface area (Å²) in [5, 5.41) is 11.4. The SMILES string of the molecule is Cc1ccc(NCCCN2CCOCC2)nn1. The quantitative estimate of drug-likeness (QED) is 0.770. The summed E-state index contributed by atoms with van der Waals surface area (Å²) in [6.07, 6.45) is 1.12. The van der Waals surface area contributed by atoms with Gasteiger partial charge in [0, 0.05) is 19.6 Å². The number of hydrogen-bond acceptors (Lipinski definition) is 5. The Morgan fingerprint density at radius 1 is 1.29 bits per heavy atom. The molecule has 2 rings (SSSR count). The van der Waals surface area contributed by atoms with Crippen LogP contribution in [-0.2, 0) is 4.74 Å². The Bertz CT molecular complexity index is 322. The molecule has 1 aliphatic rings. The van der Waals surface area contributed by atoms with Crippen molar-refractivity contribution >= 4 is 5.82 Å². The fourth-order valence-corrected chi connectivity index (χ4v) is 1.84. The van der Waals surface area contributed by atoms with Crippen LogP contribution in [0.3, 0.4) is 0 Å². The second-order valence-electron chi connectivity index (χ2n) is 4.29. The van der Waals surface area contributed by atoms with Crippen LogP contribution in [0.1, 0.15) is 12.1 Å². The maximum Gasteiger partial charge on any atom is 0.148 e. The summed E-state index contributed by atoms with van der Waals surface area (Å²) in [5.74, 6) is 0.859. The molecule has 0 aromatic carbocycles. The van der Waals surface area contributed by atoms with E-state index in [0.29, 0.717) is 0 Å². The summed E-state index contributed by atoms with van der Waals surface area (Å²) in [6, 6.07) is 3.94. The Morgan fingerprint density at radius 3 is 2.82 bits per heavy atom.